The molecule has 2 saturated heterocycles. The number of carbonyl (C=O) groups is 1. The molecule has 0 radical (unpaired) electrons. The summed E-state index contributed by atoms with van der Waals surface area (Å²) in [4.78, 5) is 23.4. The highest BCUT2D eigenvalue weighted by molar-refractivity contribution is 6.06. The highest BCUT2D eigenvalue weighted by Crippen LogP contribution is 2.30. The molecule has 4 heterocycles. The Labute approximate surface area is 183 Å². The number of fused-ring (bicyclic) bond motifs is 1. The Morgan fingerprint density at radius 2 is 1.87 bits per heavy atom. The lowest BCUT2D eigenvalue weighted by Crippen LogP contribution is -2.42. The molecule has 2 aromatic heterocycles. The van der Waals surface area contributed by atoms with Crippen molar-refractivity contribution in [2.75, 3.05) is 26.2 Å². The third-order valence-electron chi connectivity index (χ3n) is 6.66. The number of aromatic nitrogens is 3. The number of pyridine rings is 1. The van der Waals surface area contributed by atoms with Crippen molar-refractivity contribution in [2.45, 2.75) is 51.6 Å². The zero-order valence-corrected chi connectivity index (χ0v) is 18.5. The van der Waals surface area contributed by atoms with Gasteiger partial charge >= 0.3 is 0 Å². The van der Waals surface area contributed by atoms with Crippen LogP contribution in [0.2, 0.25) is 0 Å². The Balaban J connectivity index is 1.55. The van der Waals surface area contributed by atoms with Crippen molar-refractivity contribution in [3.05, 3.63) is 48.2 Å². The first-order chi connectivity index (χ1) is 15.1. The quantitative estimate of drug-likeness (QED) is 0.618. The van der Waals surface area contributed by atoms with Gasteiger partial charge in [0.05, 0.1) is 22.8 Å². The van der Waals surface area contributed by atoms with E-state index in [1.807, 2.05) is 47.3 Å². The first-order valence-corrected chi connectivity index (χ1v) is 11.6. The van der Waals surface area contributed by atoms with E-state index in [9.17, 15) is 4.79 Å². The van der Waals surface area contributed by atoms with Gasteiger partial charge in [0.15, 0.2) is 5.65 Å². The van der Waals surface area contributed by atoms with Crippen molar-refractivity contribution in [3.8, 4) is 11.3 Å². The van der Waals surface area contributed by atoms with Gasteiger partial charge in [0.2, 0.25) is 0 Å². The summed E-state index contributed by atoms with van der Waals surface area (Å²) in [5.41, 5.74) is 3.36. The molecule has 1 amide bonds. The van der Waals surface area contributed by atoms with E-state index in [4.69, 9.17) is 4.98 Å². The number of hydrogen-bond acceptors (Lipinski definition) is 4. The van der Waals surface area contributed by atoms with Gasteiger partial charge in [0, 0.05) is 30.7 Å². The molecule has 31 heavy (non-hydrogen) atoms. The van der Waals surface area contributed by atoms with Gasteiger partial charge < -0.3 is 9.80 Å². The summed E-state index contributed by atoms with van der Waals surface area (Å²) in [6.07, 6.45) is 6.54. The molecule has 0 aliphatic carbocycles. The molecule has 0 N–H and O–H groups in total. The van der Waals surface area contributed by atoms with E-state index in [1.165, 1.54) is 12.8 Å². The van der Waals surface area contributed by atoms with Crippen LogP contribution in [0, 0.1) is 0 Å². The second kappa shape index (κ2) is 8.42. The molecule has 0 saturated carbocycles. The van der Waals surface area contributed by atoms with Crippen LogP contribution < -0.4 is 0 Å². The van der Waals surface area contributed by atoms with E-state index in [0.29, 0.717) is 6.04 Å². The number of amides is 1. The molecule has 1 atom stereocenters. The molecule has 1 aromatic carbocycles. The summed E-state index contributed by atoms with van der Waals surface area (Å²) in [6, 6.07) is 12.6. The van der Waals surface area contributed by atoms with Crippen LogP contribution in [-0.4, -0.2) is 62.7 Å². The summed E-state index contributed by atoms with van der Waals surface area (Å²) in [5.74, 6) is 0.120. The lowest BCUT2D eigenvalue weighted by atomic mass is 10.1. The molecule has 2 fully saturated rings. The maximum atomic E-state index is 13.9. The minimum atomic E-state index is 0.120. The average Bonchev–Trinajstić information content (AvgIpc) is 3.54. The van der Waals surface area contributed by atoms with Crippen molar-refractivity contribution < 1.29 is 4.79 Å². The molecule has 162 valence electrons. The van der Waals surface area contributed by atoms with Gasteiger partial charge in [-0.25, -0.2) is 9.67 Å². The maximum absolute atomic E-state index is 13.9. The van der Waals surface area contributed by atoms with E-state index in [0.717, 1.165) is 66.9 Å². The smallest absolute Gasteiger partial charge is 0.255 e. The average molecular weight is 418 g/mol. The molecule has 1 unspecified atom stereocenters. The largest absolute Gasteiger partial charge is 0.334 e. The monoisotopic (exact) mass is 417 g/mol. The third-order valence-corrected chi connectivity index (χ3v) is 6.66. The molecule has 6 nitrogen and oxygen atoms in total. The number of nitrogens with zero attached hydrogens (tertiary/aromatic N) is 5. The van der Waals surface area contributed by atoms with Gasteiger partial charge in [0.25, 0.3) is 5.91 Å². The van der Waals surface area contributed by atoms with Crippen LogP contribution in [0.5, 0.6) is 0 Å². The predicted molar refractivity (Wildman–Crippen MR) is 123 cm³/mol. The van der Waals surface area contributed by atoms with Crippen LogP contribution in [0.3, 0.4) is 0 Å². The first-order valence-electron chi connectivity index (χ1n) is 11.6. The van der Waals surface area contributed by atoms with Crippen LogP contribution >= 0.6 is 0 Å². The fourth-order valence-electron chi connectivity index (χ4n) is 5.04. The minimum absolute atomic E-state index is 0.120. The number of rotatable bonds is 5. The number of carbonyl (C=O) groups excluding carboxylic acids is 1. The van der Waals surface area contributed by atoms with Crippen molar-refractivity contribution >= 4 is 16.9 Å². The van der Waals surface area contributed by atoms with Crippen LogP contribution in [0.15, 0.2) is 42.6 Å². The fraction of sp³-hybridized carbons (Fsp3) is 0.480. The molecular weight excluding hydrogens is 386 g/mol. The van der Waals surface area contributed by atoms with Crippen LogP contribution in [0.25, 0.3) is 22.3 Å². The van der Waals surface area contributed by atoms with E-state index in [1.54, 1.807) is 0 Å². The van der Waals surface area contributed by atoms with Crippen molar-refractivity contribution in [2.24, 2.45) is 0 Å². The Morgan fingerprint density at radius 3 is 2.61 bits per heavy atom. The molecule has 3 aromatic rings. The molecule has 0 bridgehead atoms. The van der Waals surface area contributed by atoms with E-state index in [-0.39, 0.29) is 11.9 Å². The SMILES string of the molecule is CC(C)n1ncc2c(C(=O)N3CCCC3CN3CCCC3)cc(-c3ccccc3)nc21. The van der Waals surface area contributed by atoms with Gasteiger partial charge in [-0.15, -0.1) is 0 Å². The van der Waals surface area contributed by atoms with E-state index >= 15 is 0 Å². The number of hydrogen-bond donors (Lipinski definition) is 0. The number of likely N-dealkylation sites (tertiary alicyclic amines) is 2. The van der Waals surface area contributed by atoms with Crippen LogP contribution in [-0.2, 0) is 0 Å². The lowest BCUT2D eigenvalue weighted by molar-refractivity contribution is 0.0710. The van der Waals surface area contributed by atoms with Gasteiger partial charge in [-0.05, 0) is 58.7 Å². The summed E-state index contributed by atoms with van der Waals surface area (Å²) >= 11 is 0. The molecular formula is C25H31N5O. The van der Waals surface area contributed by atoms with E-state index in [2.05, 4.69) is 28.7 Å². The Kier molecular flexibility index (Phi) is 5.48. The Bertz CT molecular complexity index is 1070. The zero-order valence-electron chi connectivity index (χ0n) is 18.5. The van der Waals surface area contributed by atoms with Crippen LogP contribution in [0.1, 0.15) is 55.9 Å². The normalized spacial score (nSPS) is 19.7. The lowest BCUT2D eigenvalue weighted by Gasteiger charge is -2.29. The third kappa shape index (κ3) is 3.85. The topological polar surface area (TPSA) is 54.3 Å². The molecule has 2 aliphatic heterocycles. The fourth-order valence-corrected chi connectivity index (χ4v) is 5.04. The molecule has 5 rings (SSSR count). The van der Waals surface area contributed by atoms with Gasteiger partial charge in [-0.2, -0.15) is 5.10 Å². The summed E-state index contributed by atoms with van der Waals surface area (Å²) < 4.78 is 1.92. The summed E-state index contributed by atoms with van der Waals surface area (Å²) in [6.45, 7) is 8.35. The Morgan fingerprint density at radius 1 is 1.10 bits per heavy atom. The zero-order chi connectivity index (χ0) is 21.4. The van der Waals surface area contributed by atoms with Crippen LogP contribution in [0.4, 0.5) is 0 Å². The van der Waals surface area contributed by atoms with Gasteiger partial charge in [-0.1, -0.05) is 30.3 Å². The Hall–Kier alpha value is -2.73. The molecule has 2 aliphatic rings. The minimum Gasteiger partial charge on any atom is -0.334 e. The molecule has 0 spiro atoms. The van der Waals surface area contributed by atoms with Gasteiger partial charge in [0.1, 0.15) is 0 Å². The highest BCUT2D eigenvalue weighted by Gasteiger charge is 2.33. The molecule has 6 heteroatoms. The first kappa shape index (κ1) is 20.2. The predicted octanol–water partition coefficient (Wildman–Crippen LogP) is 4.38. The second-order valence-electron chi connectivity index (χ2n) is 9.14. The van der Waals surface area contributed by atoms with Gasteiger partial charge in [-0.3, -0.25) is 4.79 Å². The second-order valence-corrected chi connectivity index (χ2v) is 9.14. The number of benzene rings is 1. The summed E-state index contributed by atoms with van der Waals surface area (Å²) in [5, 5.41) is 5.43. The van der Waals surface area contributed by atoms with E-state index < -0.39 is 0 Å². The van der Waals surface area contributed by atoms with Crippen molar-refractivity contribution in [1.29, 1.82) is 0 Å². The standard InChI is InChI=1S/C25H31N5O/c1-18(2)30-24-22(16-26-30)21(15-23(27-24)19-9-4-3-5-10-19)25(31)29-14-8-11-20(29)17-28-12-6-7-13-28/h3-5,9-10,15-16,18,20H,6-8,11-14,17H2,1-2H3. The van der Waals surface area contributed by atoms with Crippen molar-refractivity contribution in [1.82, 2.24) is 24.6 Å². The highest BCUT2D eigenvalue weighted by atomic mass is 16.2. The van der Waals surface area contributed by atoms with Crippen molar-refractivity contribution in [3.63, 3.8) is 0 Å². The summed E-state index contributed by atoms with van der Waals surface area (Å²) in [7, 11) is 0. The maximum Gasteiger partial charge on any atom is 0.255 e.